The van der Waals surface area contributed by atoms with Crippen LogP contribution in [-0.4, -0.2) is 24.5 Å². The van der Waals surface area contributed by atoms with Crippen LogP contribution in [0.3, 0.4) is 0 Å². The van der Waals surface area contributed by atoms with Crippen molar-refractivity contribution < 1.29 is 13.2 Å². The van der Waals surface area contributed by atoms with Gasteiger partial charge < -0.3 is 5.32 Å². The van der Waals surface area contributed by atoms with Crippen LogP contribution in [0.1, 0.15) is 64.3 Å². The lowest BCUT2D eigenvalue weighted by Gasteiger charge is -2.12. The number of hydrogen-bond donors (Lipinski definition) is 2. The van der Waals surface area contributed by atoms with E-state index < -0.39 is 10.0 Å². The summed E-state index contributed by atoms with van der Waals surface area (Å²) in [6.07, 6.45) is 7.41. The maximum absolute atomic E-state index is 12.5. The van der Waals surface area contributed by atoms with Crippen molar-refractivity contribution in [3.63, 3.8) is 0 Å². The van der Waals surface area contributed by atoms with Gasteiger partial charge in [-0.1, -0.05) is 64.2 Å². The zero-order chi connectivity index (χ0) is 21.3. The highest BCUT2D eigenvalue weighted by molar-refractivity contribution is 7.93. The predicted molar refractivity (Wildman–Crippen MR) is 118 cm³/mol. The zero-order valence-corrected chi connectivity index (χ0v) is 18.9. The molecule has 1 atom stereocenters. The molecule has 0 bridgehead atoms. The minimum absolute atomic E-state index is 0.0461. The first-order chi connectivity index (χ1) is 13.9. The third kappa shape index (κ3) is 7.40. The van der Waals surface area contributed by atoms with Crippen molar-refractivity contribution in [2.75, 3.05) is 10.0 Å². The highest BCUT2D eigenvalue weighted by atomic mass is 32.2. The van der Waals surface area contributed by atoms with Crippen molar-refractivity contribution in [3.8, 4) is 0 Å². The first-order valence-corrected chi connectivity index (χ1v) is 12.4. The maximum Gasteiger partial charge on any atom is 0.263 e. The van der Waals surface area contributed by atoms with Gasteiger partial charge in [0.2, 0.25) is 11.0 Å². The second kappa shape index (κ2) is 11.3. The maximum atomic E-state index is 12.5. The molecule has 29 heavy (non-hydrogen) atoms. The summed E-state index contributed by atoms with van der Waals surface area (Å²) in [7, 11) is -3.74. The van der Waals surface area contributed by atoms with E-state index in [2.05, 4.69) is 27.2 Å². The zero-order valence-electron chi connectivity index (χ0n) is 17.3. The fourth-order valence-corrected chi connectivity index (χ4v) is 4.69. The van der Waals surface area contributed by atoms with Crippen molar-refractivity contribution in [2.45, 2.75) is 70.6 Å². The molecule has 0 saturated carbocycles. The van der Waals surface area contributed by atoms with Gasteiger partial charge in [-0.15, -0.1) is 10.2 Å². The smallest absolute Gasteiger partial charge is 0.263 e. The van der Waals surface area contributed by atoms with Crippen LogP contribution in [0.4, 0.5) is 10.8 Å². The molecular formula is C20H30N4O3S2. The number of anilines is 2. The Morgan fingerprint density at radius 3 is 2.38 bits per heavy atom. The van der Waals surface area contributed by atoms with Crippen LogP contribution in [0.2, 0.25) is 0 Å². The Morgan fingerprint density at radius 2 is 1.76 bits per heavy atom. The molecule has 1 aromatic carbocycles. The van der Waals surface area contributed by atoms with E-state index in [9.17, 15) is 13.2 Å². The summed E-state index contributed by atoms with van der Waals surface area (Å²) in [4.78, 5) is 12.4. The minimum atomic E-state index is -3.74. The second-order valence-corrected chi connectivity index (χ2v) is 9.82. The Morgan fingerprint density at radius 1 is 1.07 bits per heavy atom. The number of unbranched alkanes of at least 4 members (excludes halogenated alkanes) is 4. The number of carbonyl (C=O) groups excluding carboxylic acids is 1. The van der Waals surface area contributed by atoms with Gasteiger partial charge in [0.25, 0.3) is 10.0 Å². The highest BCUT2D eigenvalue weighted by Crippen LogP contribution is 2.22. The van der Waals surface area contributed by atoms with E-state index in [1.54, 1.807) is 12.1 Å². The first-order valence-electron chi connectivity index (χ1n) is 10.1. The fourth-order valence-electron chi connectivity index (χ4n) is 2.78. The summed E-state index contributed by atoms with van der Waals surface area (Å²) < 4.78 is 27.4. The van der Waals surface area contributed by atoms with Crippen LogP contribution in [-0.2, 0) is 21.2 Å². The number of rotatable bonds is 12. The van der Waals surface area contributed by atoms with Gasteiger partial charge in [-0.3, -0.25) is 9.52 Å². The van der Waals surface area contributed by atoms with Gasteiger partial charge in [-0.25, -0.2) is 8.42 Å². The summed E-state index contributed by atoms with van der Waals surface area (Å²) in [5, 5.41) is 11.6. The van der Waals surface area contributed by atoms with Crippen LogP contribution >= 0.6 is 11.3 Å². The van der Waals surface area contributed by atoms with Gasteiger partial charge >= 0.3 is 0 Å². The number of aryl methyl sites for hydroxylation is 1. The fraction of sp³-hybridized carbons (Fsp3) is 0.550. The van der Waals surface area contributed by atoms with E-state index in [1.165, 1.54) is 42.7 Å². The Bertz CT molecular complexity index is 879. The number of amides is 1. The van der Waals surface area contributed by atoms with Crippen LogP contribution < -0.4 is 10.0 Å². The third-order valence-electron chi connectivity index (χ3n) is 4.61. The van der Waals surface area contributed by atoms with Gasteiger partial charge in [0, 0.05) is 11.6 Å². The van der Waals surface area contributed by atoms with Gasteiger partial charge in [0.15, 0.2) is 0 Å². The number of nitrogens with one attached hydrogen (secondary N) is 2. The molecule has 7 nitrogen and oxygen atoms in total. The minimum Gasteiger partial charge on any atom is -0.326 e. The van der Waals surface area contributed by atoms with Crippen molar-refractivity contribution in [3.05, 3.63) is 29.3 Å². The number of carbonyl (C=O) groups is 1. The Kier molecular flexibility index (Phi) is 9.03. The number of sulfonamides is 1. The van der Waals surface area contributed by atoms with E-state index in [1.807, 2.05) is 13.8 Å². The number of aromatic nitrogens is 2. The van der Waals surface area contributed by atoms with Crippen LogP contribution in [0, 0.1) is 5.92 Å². The molecule has 0 aliphatic rings. The second-order valence-electron chi connectivity index (χ2n) is 7.08. The van der Waals surface area contributed by atoms with Gasteiger partial charge in [-0.2, -0.15) is 0 Å². The SMILES string of the molecule is CCCCCCCC(C)C(=O)Nc1ccc(S(=O)(=O)Nc2nnc(CC)s2)cc1. The molecular weight excluding hydrogens is 408 g/mol. The summed E-state index contributed by atoms with van der Waals surface area (Å²) >= 11 is 1.21. The Labute approximate surface area is 177 Å². The lowest BCUT2D eigenvalue weighted by atomic mass is 10.0. The van der Waals surface area contributed by atoms with Crippen molar-refractivity contribution in [1.29, 1.82) is 0 Å². The molecule has 1 unspecified atom stereocenters. The standard InChI is InChI=1S/C20H30N4O3S2/c1-4-6-7-8-9-10-15(3)19(25)21-16-11-13-17(14-12-16)29(26,27)24-20-23-22-18(5-2)28-20/h11-15H,4-10H2,1-3H3,(H,21,25)(H,23,24). The summed E-state index contributed by atoms with van der Waals surface area (Å²) in [5.74, 6) is -0.123. The molecule has 1 amide bonds. The quantitative estimate of drug-likeness (QED) is 0.462. The normalized spacial score (nSPS) is 12.5. The number of hydrogen-bond acceptors (Lipinski definition) is 6. The molecule has 160 valence electrons. The molecule has 0 aliphatic heterocycles. The topological polar surface area (TPSA) is 101 Å². The van der Waals surface area contributed by atoms with E-state index in [4.69, 9.17) is 0 Å². The van der Waals surface area contributed by atoms with Crippen LogP contribution in [0.15, 0.2) is 29.2 Å². The number of nitrogens with zero attached hydrogens (tertiary/aromatic N) is 2. The van der Waals surface area contributed by atoms with Crippen molar-refractivity contribution >= 4 is 38.1 Å². The third-order valence-corrected chi connectivity index (χ3v) is 7.08. The molecule has 0 aliphatic carbocycles. The summed E-state index contributed by atoms with van der Waals surface area (Å²) in [6, 6.07) is 6.13. The van der Waals surface area contributed by atoms with Gasteiger partial charge in [-0.05, 0) is 37.1 Å². The Balaban J connectivity index is 1.89. The summed E-state index contributed by atoms with van der Waals surface area (Å²) in [5.41, 5.74) is 0.580. The monoisotopic (exact) mass is 438 g/mol. The molecule has 0 saturated heterocycles. The predicted octanol–water partition coefficient (Wildman–Crippen LogP) is 4.84. The lowest BCUT2D eigenvalue weighted by molar-refractivity contribution is -0.119. The molecule has 1 aromatic heterocycles. The van der Waals surface area contributed by atoms with Crippen LogP contribution in [0.25, 0.3) is 0 Å². The molecule has 2 N–H and O–H groups in total. The molecule has 9 heteroatoms. The molecule has 0 radical (unpaired) electrons. The van der Waals surface area contributed by atoms with E-state index in [-0.39, 0.29) is 21.9 Å². The van der Waals surface area contributed by atoms with E-state index >= 15 is 0 Å². The number of benzene rings is 1. The van der Waals surface area contributed by atoms with Crippen molar-refractivity contribution in [2.24, 2.45) is 5.92 Å². The Hall–Kier alpha value is -2.00. The average molecular weight is 439 g/mol. The molecule has 2 rings (SSSR count). The molecule has 0 spiro atoms. The van der Waals surface area contributed by atoms with Crippen molar-refractivity contribution in [1.82, 2.24) is 10.2 Å². The molecule has 0 fully saturated rings. The van der Waals surface area contributed by atoms with Crippen LogP contribution in [0.5, 0.6) is 0 Å². The molecule has 1 heterocycles. The summed E-state index contributed by atoms with van der Waals surface area (Å²) in [6.45, 7) is 6.03. The lowest BCUT2D eigenvalue weighted by Crippen LogP contribution is -2.20. The highest BCUT2D eigenvalue weighted by Gasteiger charge is 2.17. The molecule has 2 aromatic rings. The van der Waals surface area contributed by atoms with Gasteiger partial charge in [0.05, 0.1) is 4.90 Å². The van der Waals surface area contributed by atoms with E-state index in [0.717, 1.165) is 24.3 Å². The van der Waals surface area contributed by atoms with E-state index in [0.29, 0.717) is 12.1 Å². The first kappa shape index (κ1) is 23.3. The average Bonchev–Trinajstić information content (AvgIpc) is 3.15. The largest absolute Gasteiger partial charge is 0.326 e. The van der Waals surface area contributed by atoms with Gasteiger partial charge in [0.1, 0.15) is 5.01 Å².